The number of hydrogen-bond donors (Lipinski definition) is 1. The maximum Gasteiger partial charge on any atom is 0.266 e. The number of aryl methyl sites for hydroxylation is 1. The van der Waals surface area contributed by atoms with E-state index in [1.165, 1.54) is 23.5 Å². The highest BCUT2D eigenvalue weighted by atomic mass is 32.1. The largest absolute Gasteiger partial charge is 0.333 e. The number of benzene rings is 1. The molecule has 2 heterocycles. The first-order chi connectivity index (χ1) is 10.6. The summed E-state index contributed by atoms with van der Waals surface area (Å²) >= 11 is 1.38. The number of halogens is 1. The maximum atomic E-state index is 13.0. The third-order valence-electron chi connectivity index (χ3n) is 3.84. The Kier molecular flexibility index (Phi) is 4.22. The van der Waals surface area contributed by atoms with E-state index in [2.05, 4.69) is 10.3 Å². The van der Waals surface area contributed by atoms with Crippen LogP contribution in [0.1, 0.15) is 22.3 Å². The van der Waals surface area contributed by atoms with Gasteiger partial charge in [-0.25, -0.2) is 9.37 Å². The summed E-state index contributed by atoms with van der Waals surface area (Å²) in [5, 5.41) is 4.03. The highest BCUT2D eigenvalue weighted by Crippen LogP contribution is 2.29. The van der Waals surface area contributed by atoms with E-state index < -0.39 is 0 Å². The molecule has 1 saturated heterocycles. The Hall–Kier alpha value is -1.79. The van der Waals surface area contributed by atoms with Crippen LogP contribution in [0.5, 0.6) is 0 Å². The molecule has 0 saturated carbocycles. The first-order valence-corrected chi connectivity index (χ1v) is 8.13. The van der Waals surface area contributed by atoms with Gasteiger partial charge >= 0.3 is 0 Å². The van der Waals surface area contributed by atoms with Crippen molar-refractivity contribution in [2.24, 2.45) is 0 Å². The van der Waals surface area contributed by atoms with Gasteiger partial charge in [-0.1, -0.05) is 0 Å². The predicted octanol–water partition coefficient (Wildman–Crippen LogP) is 2.69. The number of piperazine rings is 1. The molecule has 1 atom stereocenters. The zero-order valence-corrected chi connectivity index (χ0v) is 13.4. The standard InChI is InChI=1S/C16H18FN3OS/c1-10-9-18-7-8-20(10)16(21)14-11(2)19-15(22-14)12-3-5-13(17)6-4-12/h3-6,10,18H,7-9H2,1-2H3/t10-/m1/s1. The van der Waals surface area contributed by atoms with Gasteiger partial charge in [0.05, 0.1) is 5.69 Å². The first-order valence-electron chi connectivity index (χ1n) is 7.31. The molecule has 1 aromatic heterocycles. The minimum atomic E-state index is -0.275. The fourth-order valence-electron chi connectivity index (χ4n) is 2.58. The molecule has 1 N–H and O–H groups in total. The molecular weight excluding hydrogens is 301 g/mol. The van der Waals surface area contributed by atoms with Gasteiger partial charge in [-0.15, -0.1) is 11.3 Å². The van der Waals surface area contributed by atoms with E-state index >= 15 is 0 Å². The van der Waals surface area contributed by atoms with Gasteiger partial charge in [0.15, 0.2) is 0 Å². The summed E-state index contributed by atoms with van der Waals surface area (Å²) < 4.78 is 13.0. The van der Waals surface area contributed by atoms with Crippen molar-refractivity contribution >= 4 is 17.2 Å². The molecule has 1 amide bonds. The van der Waals surface area contributed by atoms with Crippen molar-refractivity contribution in [2.45, 2.75) is 19.9 Å². The Labute approximate surface area is 133 Å². The smallest absolute Gasteiger partial charge is 0.266 e. The van der Waals surface area contributed by atoms with Crippen LogP contribution in [-0.4, -0.2) is 41.5 Å². The topological polar surface area (TPSA) is 45.2 Å². The van der Waals surface area contributed by atoms with Crippen LogP contribution in [0.3, 0.4) is 0 Å². The quantitative estimate of drug-likeness (QED) is 0.926. The molecule has 0 bridgehead atoms. The molecule has 1 aliphatic heterocycles. The second kappa shape index (κ2) is 6.14. The summed E-state index contributed by atoms with van der Waals surface area (Å²) in [5.74, 6) is -0.236. The lowest BCUT2D eigenvalue weighted by Gasteiger charge is -2.33. The Morgan fingerprint density at radius 2 is 2.14 bits per heavy atom. The lowest BCUT2D eigenvalue weighted by atomic mass is 10.2. The van der Waals surface area contributed by atoms with Crippen LogP contribution in [0.4, 0.5) is 4.39 Å². The van der Waals surface area contributed by atoms with Crippen molar-refractivity contribution in [3.63, 3.8) is 0 Å². The van der Waals surface area contributed by atoms with Gasteiger partial charge in [0, 0.05) is 31.2 Å². The summed E-state index contributed by atoms with van der Waals surface area (Å²) in [7, 11) is 0. The summed E-state index contributed by atoms with van der Waals surface area (Å²) in [5.41, 5.74) is 1.57. The van der Waals surface area contributed by atoms with Crippen LogP contribution in [0.25, 0.3) is 10.6 Å². The number of rotatable bonds is 2. The van der Waals surface area contributed by atoms with Gasteiger partial charge in [0.25, 0.3) is 5.91 Å². The van der Waals surface area contributed by atoms with Gasteiger partial charge in [0.1, 0.15) is 15.7 Å². The van der Waals surface area contributed by atoms with Crippen LogP contribution in [0, 0.1) is 12.7 Å². The number of hydrogen-bond acceptors (Lipinski definition) is 4. The van der Waals surface area contributed by atoms with Crippen molar-refractivity contribution in [3.05, 3.63) is 40.7 Å². The number of thiazole rings is 1. The van der Waals surface area contributed by atoms with Crippen LogP contribution in [0.2, 0.25) is 0 Å². The third kappa shape index (κ3) is 2.89. The Morgan fingerprint density at radius 3 is 2.82 bits per heavy atom. The fourth-order valence-corrected chi connectivity index (χ4v) is 3.61. The molecule has 3 rings (SSSR count). The molecule has 0 spiro atoms. The normalized spacial score (nSPS) is 18.5. The van der Waals surface area contributed by atoms with E-state index in [0.717, 1.165) is 29.4 Å². The van der Waals surface area contributed by atoms with Crippen LogP contribution in [0.15, 0.2) is 24.3 Å². The van der Waals surface area contributed by atoms with E-state index in [-0.39, 0.29) is 17.8 Å². The second-order valence-corrected chi connectivity index (χ2v) is 6.49. The van der Waals surface area contributed by atoms with E-state index in [1.807, 2.05) is 18.7 Å². The van der Waals surface area contributed by atoms with Crippen molar-refractivity contribution < 1.29 is 9.18 Å². The molecule has 1 aliphatic rings. The number of carbonyl (C=O) groups is 1. The summed E-state index contributed by atoms with van der Waals surface area (Å²) in [6, 6.07) is 6.37. The molecule has 4 nitrogen and oxygen atoms in total. The van der Waals surface area contributed by atoms with Gasteiger partial charge in [-0.05, 0) is 38.1 Å². The zero-order chi connectivity index (χ0) is 15.7. The summed E-state index contributed by atoms with van der Waals surface area (Å²) in [6.07, 6.45) is 0. The Morgan fingerprint density at radius 1 is 1.41 bits per heavy atom. The van der Waals surface area contributed by atoms with E-state index in [4.69, 9.17) is 0 Å². The molecule has 2 aromatic rings. The molecular formula is C16H18FN3OS. The Balaban J connectivity index is 1.88. The predicted molar refractivity (Wildman–Crippen MR) is 85.6 cm³/mol. The van der Waals surface area contributed by atoms with E-state index in [0.29, 0.717) is 11.4 Å². The van der Waals surface area contributed by atoms with Crippen LogP contribution >= 0.6 is 11.3 Å². The van der Waals surface area contributed by atoms with E-state index in [9.17, 15) is 9.18 Å². The van der Waals surface area contributed by atoms with Gasteiger partial charge in [-0.2, -0.15) is 0 Å². The van der Waals surface area contributed by atoms with Crippen molar-refractivity contribution in [1.82, 2.24) is 15.2 Å². The molecule has 116 valence electrons. The maximum absolute atomic E-state index is 13.0. The molecule has 22 heavy (non-hydrogen) atoms. The monoisotopic (exact) mass is 319 g/mol. The van der Waals surface area contributed by atoms with Gasteiger partial charge in [-0.3, -0.25) is 4.79 Å². The molecule has 1 fully saturated rings. The SMILES string of the molecule is Cc1nc(-c2ccc(F)cc2)sc1C(=O)N1CCNC[C@H]1C. The lowest BCUT2D eigenvalue weighted by Crippen LogP contribution is -2.52. The number of nitrogens with one attached hydrogen (secondary N) is 1. The average molecular weight is 319 g/mol. The summed E-state index contributed by atoms with van der Waals surface area (Å²) in [4.78, 5) is 19.8. The molecule has 0 unspecified atom stereocenters. The second-order valence-electron chi connectivity index (χ2n) is 5.49. The fraction of sp³-hybridized carbons (Fsp3) is 0.375. The van der Waals surface area contributed by atoms with E-state index in [1.54, 1.807) is 12.1 Å². The number of aromatic nitrogens is 1. The molecule has 1 aromatic carbocycles. The highest BCUT2D eigenvalue weighted by Gasteiger charge is 2.27. The van der Waals surface area contributed by atoms with Crippen molar-refractivity contribution in [1.29, 1.82) is 0 Å². The number of nitrogens with zero attached hydrogens (tertiary/aromatic N) is 2. The van der Waals surface area contributed by atoms with Crippen molar-refractivity contribution in [2.75, 3.05) is 19.6 Å². The number of amides is 1. The van der Waals surface area contributed by atoms with Gasteiger partial charge in [0.2, 0.25) is 0 Å². The number of carbonyl (C=O) groups excluding carboxylic acids is 1. The van der Waals surface area contributed by atoms with Crippen LogP contribution < -0.4 is 5.32 Å². The Bertz CT molecular complexity index is 683. The summed E-state index contributed by atoms with van der Waals surface area (Å²) in [6.45, 7) is 6.24. The third-order valence-corrected chi connectivity index (χ3v) is 5.04. The van der Waals surface area contributed by atoms with Crippen molar-refractivity contribution in [3.8, 4) is 10.6 Å². The molecule has 6 heteroatoms. The lowest BCUT2D eigenvalue weighted by molar-refractivity contribution is 0.0660. The van der Waals surface area contributed by atoms with Crippen LogP contribution in [-0.2, 0) is 0 Å². The first kappa shape index (κ1) is 15.1. The molecule has 0 aliphatic carbocycles. The average Bonchev–Trinajstić information content (AvgIpc) is 2.90. The minimum absolute atomic E-state index is 0.0392. The van der Waals surface area contributed by atoms with Gasteiger partial charge < -0.3 is 10.2 Å². The molecule has 0 radical (unpaired) electrons. The minimum Gasteiger partial charge on any atom is -0.333 e. The zero-order valence-electron chi connectivity index (χ0n) is 12.6. The highest BCUT2D eigenvalue weighted by molar-refractivity contribution is 7.17.